The summed E-state index contributed by atoms with van der Waals surface area (Å²) in [6.07, 6.45) is 2.39. The van der Waals surface area contributed by atoms with Crippen LogP contribution in [-0.4, -0.2) is 99.6 Å². The third kappa shape index (κ3) is 16.1. The van der Waals surface area contributed by atoms with Gasteiger partial charge in [-0.15, -0.1) is 0 Å². The van der Waals surface area contributed by atoms with E-state index in [9.17, 15) is 19.2 Å². The molecule has 0 bridgehead atoms. The van der Waals surface area contributed by atoms with E-state index in [4.69, 9.17) is 24.1 Å². The second kappa shape index (κ2) is 19.6. The molecule has 0 radical (unpaired) electrons. The van der Waals surface area contributed by atoms with E-state index in [1.165, 1.54) is 12.2 Å². The molecular formula is C20H34N2O9. The number of nitrogens with zero attached hydrogens (tertiary/aromatic N) is 1. The van der Waals surface area contributed by atoms with Crippen LogP contribution in [-0.2, 0) is 38.1 Å². The lowest BCUT2D eigenvalue weighted by Crippen LogP contribution is -2.35. The number of rotatable bonds is 18. The summed E-state index contributed by atoms with van der Waals surface area (Å²) in [5.74, 6) is -1.96. The zero-order valence-corrected chi connectivity index (χ0v) is 18.3. The average molecular weight is 446 g/mol. The number of carbonyl (C=O) groups excluding carboxylic acids is 3. The number of aliphatic carboxylic acids is 1. The van der Waals surface area contributed by atoms with Crippen molar-refractivity contribution in [2.75, 3.05) is 65.9 Å². The summed E-state index contributed by atoms with van der Waals surface area (Å²) in [5.41, 5.74) is 0. The van der Waals surface area contributed by atoms with E-state index in [0.29, 0.717) is 52.8 Å². The van der Waals surface area contributed by atoms with Crippen LogP contribution in [0.1, 0.15) is 26.7 Å². The van der Waals surface area contributed by atoms with E-state index in [0.717, 1.165) is 4.90 Å². The summed E-state index contributed by atoms with van der Waals surface area (Å²) >= 11 is 0. The zero-order chi connectivity index (χ0) is 23.3. The lowest BCUT2D eigenvalue weighted by atomic mass is 10.3. The van der Waals surface area contributed by atoms with Crippen molar-refractivity contribution >= 4 is 23.7 Å². The maximum absolute atomic E-state index is 11.7. The normalized spacial score (nSPS) is 12.6. The standard InChI is InChI=1S/C18H28N2O9.C2H6/c21-15(3-6-20-16(22)1-2-17(20)23)19-5-8-27-10-12-29-14-13-28-11-9-26-7-4-18(24)25;1-2/h1-2H,3-14H2,(H,19,21)(H,24,25);1-2H3. The summed E-state index contributed by atoms with van der Waals surface area (Å²) < 4.78 is 20.9. The molecule has 1 heterocycles. The number of imide groups is 1. The van der Waals surface area contributed by atoms with Gasteiger partial charge >= 0.3 is 5.97 Å². The van der Waals surface area contributed by atoms with E-state index >= 15 is 0 Å². The van der Waals surface area contributed by atoms with Crippen LogP contribution in [0.5, 0.6) is 0 Å². The fraction of sp³-hybridized carbons (Fsp3) is 0.700. The molecule has 0 saturated heterocycles. The highest BCUT2D eigenvalue weighted by atomic mass is 16.6. The minimum atomic E-state index is -0.894. The van der Waals surface area contributed by atoms with Gasteiger partial charge in [-0.05, 0) is 0 Å². The summed E-state index contributed by atoms with van der Waals surface area (Å²) in [6.45, 7) is 7.14. The quantitative estimate of drug-likeness (QED) is 0.220. The van der Waals surface area contributed by atoms with Crippen LogP contribution in [0.15, 0.2) is 12.2 Å². The predicted octanol–water partition coefficient (Wildman–Crippen LogP) is -0.0150. The fourth-order valence-corrected chi connectivity index (χ4v) is 2.14. The van der Waals surface area contributed by atoms with Crippen molar-refractivity contribution in [2.24, 2.45) is 0 Å². The summed E-state index contributed by atoms with van der Waals surface area (Å²) in [4.78, 5) is 45.6. The maximum Gasteiger partial charge on any atom is 0.305 e. The van der Waals surface area contributed by atoms with E-state index in [1.54, 1.807) is 0 Å². The van der Waals surface area contributed by atoms with Crippen molar-refractivity contribution in [3.63, 3.8) is 0 Å². The van der Waals surface area contributed by atoms with E-state index in [1.807, 2.05) is 13.8 Å². The molecule has 178 valence electrons. The molecule has 0 saturated carbocycles. The number of carboxylic acid groups (broad SMARTS) is 1. The minimum absolute atomic E-state index is 0.0227. The fourth-order valence-electron chi connectivity index (χ4n) is 2.14. The molecule has 1 aliphatic heterocycles. The van der Waals surface area contributed by atoms with E-state index in [2.05, 4.69) is 5.32 Å². The zero-order valence-electron chi connectivity index (χ0n) is 18.3. The molecule has 0 aromatic heterocycles. The van der Waals surface area contributed by atoms with Crippen LogP contribution in [0.4, 0.5) is 0 Å². The molecular weight excluding hydrogens is 412 g/mol. The largest absolute Gasteiger partial charge is 0.481 e. The van der Waals surface area contributed by atoms with Gasteiger partial charge in [-0.2, -0.15) is 0 Å². The first-order chi connectivity index (χ1) is 15.0. The van der Waals surface area contributed by atoms with Gasteiger partial charge in [0.15, 0.2) is 0 Å². The molecule has 31 heavy (non-hydrogen) atoms. The Kier molecular flexibility index (Phi) is 18.1. The van der Waals surface area contributed by atoms with Gasteiger partial charge in [-0.3, -0.25) is 24.1 Å². The molecule has 0 atom stereocenters. The highest BCUT2D eigenvalue weighted by Crippen LogP contribution is 2.03. The lowest BCUT2D eigenvalue weighted by Gasteiger charge is -2.13. The molecule has 0 fully saturated rings. The van der Waals surface area contributed by atoms with E-state index in [-0.39, 0.29) is 31.9 Å². The molecule has 11 heteroatoms. The Morgan fingerprint density at radius 1 is 0.806 bits per heavy atom. The maximum atomic E-state index is 11.7. The molecule has 0 spiro atoms. The number of carboxylic acids is 1. The third-order valence-corrected chi connectivity index (χ3v) is 3.61. The monoisotopic (exact) mass is 446 g/mol. The SMILES string of the molecule is CC.O=C(O)CCOCCOCCOCCOCCNC(=O)CCN1C(=O)C=CC1=O. The smallest absolute Gasteiger partial charge is 0.305 e. The van der Waals surface area contributed by atoms with E-state index < -0.39 is 17.8 Å². The van der Waals surface area contributed by atoms with Crippen LogP contribution in [0.25, 0.3) is 0 Å². The molecule has 0 aromatic carbocycles. The van der Waals surface area contributed by atoms with Crippen LogP contribution in [0, 0.1) is 0 Å². The number of amides is 3. The van der Waals surface area contributed by atoms with Crippen molar-refractivity contribution in [2.45, 2.75) is 26.7 Å². The van der Waals surface area contributed by atoms with Gasteiger partial charge in [0, 0.05) is 31.7 Å². The Balaban J connectivity index is 0.00000436. The molecule has 3 amide bonds. The molecule has 0 unspecified atom stereocenters. The number of hydrogen-bond donors (Lipinski definition) is 2. The predicted molar refractivity (Wildman–Crippen MR) is 110 cm³/mol. The van der Waals surface area contributed by atoms with Crippen molar-refractivity contribution in [3.8, 4) is 0 Å². The summed E-state index contributed by atoms with van der Waals surface area (Å²) in [5, 5.41) is 11.1. The molecule has 0 aromatic rings. The second-order valence-electron chi connectivity index (χ2n) is 5.85. The first-order valence-electron chi connectivity index (χ1n) is 10.3. The second-order valence-corrected chi connectivity index (χ2v) is 5.85. The molecule has 0 aliphatic carbocycles. The molecule has 11 nitrogen and oxygen atoms in total. The third-order valence-electron chi connectivity index (χ3n) is 3.61. The highest BCUT2D eigenvalue weighted by molar-refractivity contribution is 6.13. The van der Waals surface area contributed by atoms with Crippen LogP contribution in [0.3, 0.4) is 0 Å². The average Bonchev–Trinajstić information content (AvgIpc) is 3.08. The van der Waals surface area contributed by atoms with Gasteiger partial charge in [0.1, 0.15) is 0 Å². The Morgan fingerprint density at radius 2 is 1.26 bits per heavy atom. The van der Waals surface area contributed by atoms with Gasteiger partial charge in [0.05, 0.1) is 59.3 Å². The van der Waals surface area contributed by atoms with Crippen molar-refractivity contribution in [1.29, 1.82) is 0 Å². The van der Waals surface area contributed by atoms with Crippen LogP contribution >= 0.6 is 0 Å². The highest BCUT2D eigenvalue weighted by Gasteiger charge is 2.23. The Bertz CT molecular complexity index is 549. The number of carbonyl (C=O) groups is 4. The van der Waals surface area contributed by atoms with Gasteiger partial charge in [-0.1, -0.05) is 13.8 Å². The summed E-state index contributed by atoms with van der Waals surface area (Å²) in [7, 11) is 0. The molecule has 2 N–H and O–H groups in total. The van der Waals surface area contributed by atoms with Crippen molar-refractivity contribution in [1.82, 2.24) is 10.2 Å². The van der Waals surface area contributed by atoms with Gasteiger partial charge in [0.2, 0.25) is 5.91 Å². The Labute approximate surface area is 182 Å². The van der Waals surface area contributed by atoms with Crippen molar-refractivity contribution < 1.29 is 43.2 Å². The topological polar surface area (TPSA) is 141 Å². The first-order valence-corrected chi connectivity index (χ1v) is 10.3. The van der Waals surface area contributed by atoms with Gasteiger partial charge in [-0.25, -0.2) is 0 Å². The first kappa shape index (κ1) is 28.7. The van der Waals surface area contributed by atoms with Crippen LogP contribution in [0.2, 0.25) is 0 Å². The van der Waals surface area contributed by atoms with Crippen LogP contribution < -0.4 is 5.32 Å². The minimum Gasteiger partial charge on any atom is -0.481 e. The number of ether oxygens (including phenoxy) is 4. The van der Waals surface area contributed by atoms with Crippen molar-refractivity contribution in [3.05, 3.63) is 12.2 Å². The lowest BCUT2D eigenvalue weighted by molar-refractivity contribution is -0.139. The summed E-state index contributed by atoms with van der Waals surface area (Å²) in [6, 6.07) is 0. The Hall–Kier alpha value is -2.34. The Morgan fingerprint density at radius 3 is 1.74 bits per heavy atom. The molecule has 1 aliphatic rings. The van der Waals surface area contributed by atoms with Gasteiger partial charge in [0.25, 0.3) is 11.8 Å². The number of hydrogen-bond acceptors (Lipinski definition) is 8. The number of nitrogens with one attached hydrogen (secondary N) is 1. The van der Waals surface area contributed by atoms with Gasteiger partial charge < -0.3 is 29.4 Å². The molecule has 1 rings (SSSR count).